The summed E-state index contributed by atoms with van der Waals surface area (Å²) >= 11 is 6.19. The molecule has 0 unspecified atom stereocenters. The lowest BCUT2D eigenvalue weighted by Gasteiger charge is -2.31. The number of halogens is 1. The van der Waals surface area contributed by atoms with Gasteiger partial charge >= 0.3 is 0 Å². The maximum atomic E-state index is 13.7. The standard InChI is InChI=1S/C29H34ClN3O4S/c1-22-10-7-15-26(18-22)33(38(3,36)37)17-9-16-28(34)32(21-24-13-8-14-25(30)19-24)27(29(35)31-2)20-23-11-5-4-6-12-23/h4-8,10-15,18-19,27H,9,16-17,20-21H2,1-3H3,(H,31,35)/t27-/m1/s1. The molecule has 38 heavy (non-hydrogen) atoms. The van der Waals surface area contributed by atoms with Gasteiger partial charge in [-0.2, -0.15) is 0 Å². The topological polar surface area (TPSA) is 86.8 Å². The lowest BCUT2D eigenvalue weighted by molar-refractivity contribution is -0.141. The third-order valence-electron chi connectivity index (χ3n) is 6.20. The first-order chi connectivity index (χ1) is 18.1. The van der Waals surface area contributed by atoms with Crippen LogP contribution in [-0.4, -0.2) is 51.0 Å². The van der Waals surface area contributed by atoms with Crippen LogP contribution in [-0.2, 0) is 32.6 Å². The van der Waals surface area contributed by atoms with Crippen molar-refractivity contribution in [1.82, 2.24) is 10.2 Å². The molecule has 0 saturated heterocycles. The van der Waals surface area contributed by atoms with Gasteiger partial charge in [0.2, 0.25) is 21.8 Å². The number of benzene rings is 3. The number of anilines is 1. The van der Waals surface area contributed by atoms with Crippen molar-refractivity contribution in [2.75, 3.05) is 24.2 Å². The van der Waals surface area contributed by atoms with Crippen LogP contribution in [0, 0.1) is 6.92 Å². The minimum atomic E-state index is -3.55. The molecule has 0 aromatic heterocycles. The van der Waals surface area contributed by atoms with E-state index in [1.54, 1.807) is 48.3 Å². The zero-order chi connectivity index (χ0) is 27.7. The molecule has 1 atom stereocenters. The summed E-state index contributed by atoms with van der Waals surface area (Å²) in [6.45, 7) is 2.23. The van der Waals surface area contributed by atoms with E-state index >= 15 is 0 Å². The first kappa shape index (κ1) is 29.2. The Morgan fingerprint density at radius 3 is 2.26 bits per heavy atom. The van der Waals surface area contributed by atoms with Crippen molar-refractivity contribution in [2.24, 2.45) is 0 Å². The molecule has 2 amide bonds. The fourth-order valence-corrected chi connectivity index (χ4v) is 5.51. The number of likely N-dealkylation sites (N-methyl/N-ethyl adjacent to an activating group) is 1. The van der Waals surface area contributed by atoms with Crippen molar-refractivity contribution in [3.63, 3.8) is 0 Å². The van der Waals surface area contributed by atoms with Crippen LogP contribution in [0.25, 0.3) is 0 Å². The highest BCUT2D eigenvalue weighted by Gasteiger charge is 2.30. The van der Waals surface area contributed by atoms with Gasteiger partial charge in [-0.25, -0.2) is 8.42 Å². The third-order valence-corrected chi connectivity index (χ3v) is 7.63. The highest BCUT2D eigenvalue weighted by Crippen LogP contribution is 2.21. The molecule has 0 radical (unpaired) electrons. The maximum absolute atomic E-state index is 13.7. The van der Waals surface area contributed by atoms with Gasteiger partial charge in [0.05, 0.1) is 11.9 Å². The molecular weight excluding hydrogens is 522 g/mol. The van der Waals surface area contributed by atoms with Crippen LogP contribution < -0.4 is 9.62 Å². The number of nitrogens with one attached hydrogen (secondary N) is 1. The number of nitrogens with zero attached hydrogens (tertiary/aromatic N) is 2. The van der Waals surface area contributed by atoms with E-state index < -0.39 is 16.1 Å². The largest absolute Gasteiger partial charge is 0.357 e. The number of aryl methyl sites for hydroxylation is 1. The molecule has 0 fully saturated rings. The summed E-state index contributed by atoms with van der Waals surface area (Å²) in [6.07, 6.45) is 1.86. The second kappa shape index (κ2) is 13.4. The Hall–Kier alpha value is -3.36. The van der Waals surface area contributed by atoms with Crippen molar-refractivity contribution in [3.05, 3.63) is 101 Å². The SMILES string of the molecule is CNC(=O)[C@@H](Cc1ccccc1)N(Cc1cccc(Cl)c1)C(=O)CCCN(c1cccc(C)c1)S(C)(=O)=O. The quantitative estimate of drug-likeness (QED) is 0.354. The van der Waals surface area contributed by atoms with Gasteiger partial charge in [0.15, 0.2) is 0 Å². The second-order valence-corrected chi connectivity index (χ2v) is 11.6. The average molecular weight is 556 g/mol. The van der Waals surface area contributed by atoms with Gasteiger partial charge in [-0.15, -0.1) is 0 Å². The number of carbonyl (C=O) groups is 2. The molecule has 0 aliphatic heterocycles. The summed E-state index contributed by atoms with van der Waals surface area (Å²) in [5.41, 5.74) is 3.22. The molecule has 0 saturated carbocycles. The first-order valence-electron chi connectivity index (χ1n) is 12.4. The molecule has 1 N–H and O–H groups in total. The minimum Gasteiger partial charge on any atom is -0.357 e. The monoisotopic (exact) mass is 555 g/mol. The van der Waals surface area contributed by atoms with E-state index in [4.69, 9.17) is 11.6 Å². The maximum Gasteiger partial charge on any atom is 0.242 e. The van der Waals surface area contributed by atoms with E-state index in [1.165, 1.54) is 4.31 Å². The Balaban J connectivity index is 1.84. The fourth-order valence-electron chi connectivity index (χ4n) is 4.34. The number of carbonyl (C=O) groups excluding carboxylic acids is 2. The normalized spacial score (nSPS) is 12.0. The summed E-state index contributed by atoms with van der Waals surface area (Å²) in [5.74, 6) is -0.519. The van der Waals surface area contributed by atoms with E-state index in [1.807, 2.05) is 49.4 Å². The molecular formula is C29H34ClN3O4S. The van der Waals surface area contributed by atoms with Crippen LogP contribution in [0.5, 0.6) is 0 Å². The molecule has 7 nitrogen and oxygen atoms in total. The predicted molar refractivity (Wildman–Crippen MR) is 153 cm³/mol. The summed E-state index contributed by atoms with van der Waals surface area (Å²) in [5, 5.41) is 3.23. The fraction of sp³-hybridized carbons (Fsp3) is 0.310. The molecule has 0 aliphatic rings. The van der Waals surface area contributed by atoms with Gasteiger partial charge in [-0.05, 0) is 54.3 Å². The summed E-state index contributed by atoms with van der Waals surface area (Å²) in [4.78, 5) is 28.2. The van der Waals surface area contributed by atoms with E-state index in [0.29, 0.717) is 17.1 Å². The van der Waals surface area contributed by atoms with Crippen molar-refractivity contribution in [2.45, 2.75) is 38.8 Å². The number of sulfonamides is 1. The van der Waals surface area contributed by atoms with Gasteiger partial charge in [0, 0.05) is 38.0 Å². The van der Waals surface area contributed by atoms with E-state index in [2.05, 4.69) is 5.32 Å². The predicted octanol–water partition coefficient (Wildman–Crippen LogP) is 4.58. The molecule has 0 heterocycles. The van der Waals surface area contributed by atoms with Gasteiger partial charge in [0.25, 0.3) is 0 Å². The van der Waals surface area contributed by atoms with Gasteiger partial charge < -0.3 is 10.2 Å². The van der Waals surface area contributed by atoms with E-state index in [-0.39, 0.29) is 37.7 Å². The van der Waals surface area contributed by atoms with Gasteiger partial charge in [-0.3, -0.25) is 13.9 Å². The van der Waals surface area contributed by atoms with E-state index in [9.17, 15) is 18.0 Å². The first-order valence-corrected chi connectivity index (χ1v) is 14.6. The van der Waals surface area contributed by atoms with Crippen molar-refractivity contribution < 1.29 is 18.0 Å². The third kappa shape index (κ3) is 8.33. The van der Waals surface area contributed by atoms with Gasteiger partial charge in [-0.1, -0.05) is 66.2 Å². The smallest absolute Gasteiger partial charge is 0.242 e. The van der Waals surface area contributed by atoms with Crippen molar-refractivity contribution in [1.29, 1.82) is 0 Å². The summed E-state index contributed by atoms with van der Waals surface area (Å²) in [6, 6.07) is 23.2. The molecule has 3 rings (SSSR count). The summed E-state index contributed by atoms with van der Waals surface area (Å²) in [7, 11) is -2.00. The Kier molecular flexibility index (Phi) is 10.3. The zero-order valence-electron chi connectivity index (χ0n) is 21.9. The van der Waals surface area contributed by atoms with E-state index in [0.717, 1.165) is 22.9 Å². The van der Waals surface area contributed by atoms with Crippen LogP contribution in [0.15, 0.2) is 78.9 Å². The molecule has 0 aliphatic carbocycles. The average Bonchev–Trinajstić information content (AvgIpc) is 2.88. The Bertz CT molecular complexity index is 1350. The molecule has 202 valence electrons. The van der Waals surface area contributed by atoms with Crippen LogP contribution in [0.3, 0.4) is 0 Å². The van der Waals surface area contributed by atoms with Crippen LogP contribution in [0.4, 0.5) is 5.69 Å². The molecule has 0 spiro atoms. The summed E-state index contributed by atoms with van der Waals surface area (Å²) < 4.78 is 26.4. The number of hydrogen-bond acceptors (Lipinski definition) is 4. The highest BCUT2D eigenvalue weighted by molar-refractivity contribution is 7.92. The minimum absolute atomic E-state index is 0.0701. The molecule has 9 heteroatoms. The van der Waals surface area contributed by atoms with Crippen LogP contribution >= 0.6 is 11.6 Å². The lowest BCUT2D eigenvalue weighted by atomic mass is 10.0. The molecule has 0 bridgehead atoms. The van der Waals surface area contributed by atoms with Crippen molar-refractivity contribution >= 4 is 39.1 Å². The molecule has 3 aromatic carbocycles. The van der Waals surface area contributed by atoms with Gasteiger partial charge in [0.1, 0.15) is 6.04 Å². The highest BCUT2D eigenvalue weighted by atomic mass is 35.5. The number of amides is 2. The Labute approximate surface area is 230 Å². The zero-order valence-corrected chi connectivity index (χ0v) is 23.5. The van der Waals surface area contributed by atoms with Crippen LogP contribution in [0.2, 0.25) is 5.02 Å². The number of rotatable bonds is 12. The number of hydrogen-bond donors (Lipinski definition) is 1. The Morgan fingerprint density at radius 2 is 1.63 bits per heavy atom. The van der Waals surface area contributed by atoms with Crippen molar-refractivity contribution in [3.8, 4) is 0 Å². The van der Waals surface area contributed by atoms with Crippen LogP contribution in [0.1, 0.15) is 29.5 Å². The Morgan fingerprint density at radius 1 is 0.947 bits per heavy atom. The second-order valence-electron chi connectivity index (χ2n) is 9.25. The lowest BCUT2D eigenvalue weighted by Crippen LogP contribution is -2.49. The molecule has 3 aromatic rings.